The molecule has 0 radical (unpaired) electrons. The Morgan fingerprint density at radius 2 is 1.91 bits per heavy atom. The fourth-order valence-corrected chi connectivity index (χ4v) is 3.67. The third-order valence-electron chi connectivity index (χ3n) is 4.88. The minimum atomic E-state index is -0.182. The highest BCUT2D eigenvalue weighted by Gasteiger charge is 2.41. The normalized spacial score (nSPS) is 23.5. The Balaban J connectivity index is 1.59. The van der Waals surface area contributed by atoms with Crippen LogP contribution in [0.5, 0.6) is 0 Å². The third kappa shape index (κ3) is 3.72. The summed E-state index contributed by atoms with van der Waals surface area (Å²) in [6.45, 7) is 3.65. The van der Waals surface area contributed by atoms with Gasteiger partial charge < -0.3 is 15.0 Å². The van der Waals surface area contributed by atoms with E-state index in [9.17, 15) is 9.59 Å². The van der Waals surface area contributed by atoms with Gasteiger partial charge in [-0.3, -0.25) is 9.59 Å². The number of amides is 2. The molecule has 0 bridgehead atoms. The fourth-order valence-electron chi connectivity index (χ4n) is 3.67. The first-order valence-electron chi connectivity index (χ1n) is 8.33. The van der Waals surface area contributed by atoms with Crippen LogP contribution in [0.4, 0.5) is 0 Å². The second-order valence-electron chi connectivity index (χ2n) is 6.58. The summed E-state index contributed by atoms with van der Waals surface area (Å²) in [5.74, 6) is 0.110. The first kappa shape index (κ1) is 16.0. The van der Waals surface area contributed by atoms with Crippen molar-refractivity contribution in [1.29, 1.82) is 0 Å². The van der Waals surface area contributed by atoms with Crippen molar-refractivity contribution in [2.45, 2.75) is 44.2 Å². The lowest BCUT2D eigenvalue weighted by atomic mass is 9.82. The number of likely N-dealkylation sites (tertiary alicyclic amines) is 1. The summed E-state index contributed by atoms with van der Waals surface area (Å²) in [6.07, 6.45) is 3.39. The first-order chi connectivity index (χ1) is 11.1. The van der Waals surface area contributed by atoms with Crippen LogP contribution in [0, 0.1) is 0 Å². The Bertz CT molecular complexity index is 565. The van der Waals surface area contributed by atoms with Gasteiger partial charge in [0, 0.05) is 38.2 Å². The van der Waals surface area contributed by atoms with Crippen molar-refractivity contribution in [3.63, 3.8) is 0 Å². The minimum absolute atomic E-state index is 0.0174. The largest absolute Gasteiger partial charge is 0.375 e. The monoisotopic (exact) mass is 316 g/mol. The molecule has 1 aromatic carbocycles. The summed E-state index contributed by atoms with van der Waals surface area (Å²) in [6, 6.07) is 9.60. The molecule has 23 heavy (non-hydrogen) atoms. The lowest BCUT2D eigenvalue weighted by Gasteiger charge is -2.46. The average molecular weight is 316 g/mol. The Morgan fingerprint density at radius 3 is 2.57 bits per heavy atom. The van der Waals surface area contributed by atoms with Crippen molar-refractivity contribution in [2.75, 3.05) is 19.7 Å². The molecule has 124 valence electrons. The Morgan fingerprint density at radius 1 is 1.22 bits per heavy atom. The summed E-state index contributed by atoms with van der Waals surface area (Å²) >= 11 is 0. The van der Waals surface area contributed by atoms with Crippen LogP contribution in [0.25, 0.3) is 0 Å². The van der Waals surface area contributed by atoms with Crippen molar-refractivity contribution in [3.05, 3.63) is 35.9 Å². The van der Waals surface area contributed by atoms with E-state index >= 15 is 0 Å². The number of carbonyl (C=O) groups is 2. The van der Waals surface area contributed by atoms with Crippen molar-refractivity contribution >= 4 is 11.8 Å². The maximum absolute atomic E-state index is 12.5. The van der Waals surface area contributed by atoms with Crippen LogP contribution in [0.3, 0.4) is 0 Å². The molecular weight excluding hydrogens is 292 g/mol. The quantitative estimate of drug-likeness (QED) is 0.907. The van der Waals surface area contributed by atoms with E-state index in [1.165, 1.54) is 0 Å². The zero-order chi connectivity index (χ0) is 16.3. The van der Waals surface area contributed by atoms with Gasteiger partial charge in [-0.1, -0.05) is 18.2 Å². The van der Waals surface area contributed by atoms with Crippen molar-refractivity contribution in [1.82, 2.24) is 10.2 Å². The van der Waals surface area contributed by atoms with Gasteiger partial charge in [-0.05, 0) is 37.8 Å². The van der Waals surface area contributed by atoms with Crippen molar-refractivity contribution < 1.29 is 14.3 Å². The van der Waals surface area contributed by atoms with Crippen LogP contribution in [0.1, 0.15) is 43.0 Å². The lowest BCUT2D eigenvalue weighted by Crippen LogP contribution is -2.54. The zero-order valence-corrected chi connectivity index (χ0v) is 13.6. The summed E-state index contributed by atoms with van der Waals surface area (Å²) in [5.41, 5.74) is 0.558. The molecule has 5 heteroatoms. The Labute approximate surface area is 137 Å². The van der Waals surface area contributed by atoms with E-state index in [1.807, 2.05) is 35.2 Å². The van der Waals surface area contributed by atoms with Gasteiger partial charge in [-0.25, -0.2) is 0 Å². The molecule has 2 amide bonds. The molecule has 0 aromatic heterocycles. The molecule has 2 aliphatic rings. The molecule has 0 aliphatic carbocycles. The number of hydrogen-bond acceptors (Lipinski definition) is 3. The van der Waals surface area contributed by atoms with Crippen LogP contribution < -0.4 is 5.32 Å². The Kier molecular flexibility index (Phi) is 4.66. The lowest BCUT2D eigenvalue weighted by molar-refractivity contribution is -0.128. The highest BCUT2D eigenvalue weighted by atomic mass is 16.5. The topological polar surface area (TPSA) is 58.6 Å². The molecule has 3 rings (SSSR count). The number of nitrogens with one attached hydrogen (secondary N) is 1. The molecule has 5 nitrogen and oxygen atoms in total. The summed E-state index contributed by atoms with van der Waals surface area (Å²) in [4.78, 5) is 25.7. The fraction of sp³-hybridized carbons (Fsp3) is 0.556. The Hall–Kier alpha value is -1.88. The molecule has 2 aliphatic heterocycles. The first-order valence-corrected chi connectivity index (χ1v) is 8.33. The number of rotatable bonds is 2. The predicted octanol–water partition coefficient (Wildman–Crippen LogP) is 1.98. The van der Waals surface area contributed by atoms with Gasteiger partial charge in [0.1, 0.15) is 0 Å². The van der Waals surface area contributed by atoms with Crippen molar-refractivity contribution in [3.8, 4) is 0 Å². The van der Waals surface area contributed by atoms with E-state index in [1.54, 1.807) is 6.92 Å². The summed E-state index contributed by atoms with van der Waals surface area (Å²) in [5, 5.41) is 3.01. The molecular formula is C18H24N2O3. The predicted molar refractivity (Wildman–Crippen MR) is 87.1 cm³/mol. The maximum Gasteiger partial charge on any atom is 0.253 e. The van der Waals surface area contributed by atoms with Gasteiger partial charge >= 0.3 is 0 Å². The average Bonchev–Trinajstić information content (AvgIpc) is 2.55. The molecule has 2 fully saturated rings. The molecule has 1 N–H and O–H groups in total. The zero-order valence-electron chi connectivity index (χ0n) is 13.6. The van der Waals surface area contributed by atoms with Crippen LogP contribution in [0.2, 0.25) is 0 Å². The van der Waals surface area contributed by atoms with Crippen LogP contribution in [-0.2, 0) is 9.53 Å². The van der Waals surface area contributed by atoms with Gasteiger partial charge in [0.25, 0.3) is 5.91 Å². The molecule has 0 unspecified atom stereocenters. The molecule has 1 atom stereocenters. The van der Waals surface area contributed by atoms with Gasteiger partial charge in [0.15, 0.2) is 0 Å². The number of benzene rings is 1. The second kappa shape index (κ2) is 6.71. The molecule has 2 heterocycles. The highest BCUT2D eigenvalue weighted by Crippen LogP contribution is 2.35. The standard InChI is InChI=1S/C18H24N2O3/c1-14(21)19-16-7-12-23-18(13-16)8-10-20(11-9-18)17(22)15-5-3-2-4-6-15/h2-6,16H,7-13H2,1H3,(H,19,21)/t16-/m0/s1. The SMILES string of the molecule is CC(=O)N[C@H]1CCOC2(CCN(C(=O)c3ccccc3)CC2)C1. The summed E-state index contributed by atoms with van der Waals surface area (Å²) < 4.78 is 6.06. The van der Waals surface area contributed by atoms with Gasteiger partial charge in [-0.2, -0.15) is 0 Å². The number of ether oxygens (including phenoxy) is 1. The van der Waals surface area contributed by atoms with Gasteiger partial charge in [0.05, 0.1) is 5.60 Å². The smallest absolute Gasteiger partial charge is 0.253 e. The second-order valence-corrected chi connectivity index (χ2v) is 6.58. The number of carbonyl (C=O) groups excluding carboxylic acids is 2. The van der Waals surface area contributed by atoms with E-state index in [2.05, 4.69) is 5.32 Å². The highest BCUT2D eigenvalue weighted by molar-refractivity contribution is 5.94. The third-order valence-corrected chi connectivity index (χ3v) is 4.88. The molecule has 2 saturated heterocycles. The number of nitrogens with zero attached hydrogens (tertiary/aromatic N) is 1. The van der Waals surface area contributed by atoms with Crippen LogP contribution >= 0.6 is 0 Å². The van der Waals surface area contributed by atoms with Crippen LogP contribution in [0.15, 0.2) is 30.3 Å². The summed E-state index contributed by atoms with van der Waals surface area (Å²) in [7, 11) is 0. The van der Waals surface area contributed by atoms with E-state index in [0.717, 1.165) is 31.2 Å². The number of piperidine rings is 1. The van der Waals surface area contributed by atoms with Crippen LogP contribution in [-0.4, -0.2) is 48.1 Å². The number of hydrogen-bond donors (Lipinski definition) is 1. The van der Waals surface area contributed by atoms with Gasteiger partial charge in [-0.15, -0.1) is 0 Å². The van der Waals surface area contributed by atoms with E-state index < -0.39 is 0 Å². The van der Waals surface area contributed by atoms with E-state index in [0.29, 0.717) is 19.7 Å². The molecule has 1 spiro atoms. The van der Waals surface area contributed by atoms with Crippen molar-refractivity contribution in [2.24, 2.45) is 0 Å². The molecule has 1 aromatic rings. The minimum Gasteiger partial charge on any atom is -0.375 e. The molecule has 0 saturated carbocycles. The maximum atomic E-state index is 12.5. The van der Waals surface area contributed by atoms with E-state index in [-0.39, 0.29) is 23.5 Å². The van der Waals surface area contributed by atoms with Gasteiger partial charge in [0.2, 0.25) is 5.91 Å². The van der Waals surface area contributed by atoms with E-state index in [4.69, 9.17) is 4.74 Å².